The van der Waals surface area contributed by atoms with Crippen molar-refractivity contribution < 1.29 is 13.9 Å². The van der Waals surface area contributed by atoms with Crippen LogP contribution < -0.4 is 10.6 Å². The predicted molar refractivity (Wildman–Crippen MR) is 168 cm³/mol. The Hall–Kier alpha value is -1.71. The van der Waals surface area contributed by atoms with E-state index < -0.39 is 0 Å². The van der Waals surface area contributed by atoms with Crippen LogP contribution in [0.3, 0.4) is 0 Å². The third kappa shape index (κ3) is 9.65. The Kier molecular flexibility index (Phi) is 12.7. The number of rotatable bonds is 13. The van der Waals surface area contributed by atoms with E-state index in [0.717, 1.165) is 69.5 Å². The number of nitrogens with zero attached hydrogens (tertiary/aromatic N) is 2. The average Bonchev–Trinajstić information content (AvgIpc) is 2.96. The first-order valence-corrected chi connectivity index (χ1v) is 16.6. The van der Waals surface area contributed by atoms with Crippen LogP contribution >= 0.6 is 23.5 Å². The number of benzene rings is 1. The fraction of sp³-hybridized carbons (Fsp3) is 0.625. The molecule has 2 aliphatic rings. The third-order valence-corrected chi connectivity index (χ3v) is 9.88. The summed E-state index contributed by atoms with van der Waals surface area (Å²) in [5, 5.41) is 7.20. The molecule has 41 heavy (non-hydrogen) atoms. The molecule has 2 fully saturated rings. The molecular formula is C32H46ClFN4O2S. The minimum absolute atomic E-state index is 0.0506. The van der Waals surface area contributed by atoms with Crippen LogP contribution in [0.1, 0.15) is 82.8 Å². The molecule has 2 unspecified atom stereocenters. The standard InChI is InChI=1S/C32H46ClFN4O2S/c1-4-17-41-38-16-15-35-19-26(38)11-14-28-30(34)20-36-21-31(28)37-32(39)18-29(23-5-9-25(33)10-6-23)24-7-12-27(13-8-24)40-22(2)3/h5-6,9-10,20-22,24,26-27,29,35H,4,7-8,11-19H2,1-3H3,(H,37,39). The first kappa shape index (κ1) is 32.2. The Bertz CT molecular complexity index is 1100. The highest BCUT2D eigenvalue weighted by Gasteiger charge is 2.31. The van der Waals surface area contributed by atoms with Crippen LogP contribution in [0.2, 0.25) is 5.02 Å². The van der Waals surface area contributed by atoms with E-state index >= 15 is 4.39 Å². The molecule has 1 saturated carbocycles. The number of anilines is 1. The number of amides is 1. The Balaban J connectivity index is 1.43. The van der Waals surface area contributed by atoms with Gasteiger partial charge in [-0.15, -0.1) is 0 Å². The lowest BCUT2D eigenvalue weighted by Crippen LogP contribution is -2.48. The molecule has 0 radical (unpaired) electrons. The van der Waals surface area contributed by atoms with Gasteiger partial charge in [-0.25, -0.2) is 8.70 Å². The summed E-state index contributed by atoms with van der Waals surface area (Å²) in [5.74, 6) is 1.03. The lowest BCUT2D eigenvalue weighted by Gasteiger charge is -2.35. The van der Waals surface area contributed by atoms with Crippen LogP contribution in [-0.4, -0.2) is 58.8 Å². The lowest BCUT2D eigenvalue weighted by molar-refractivity contribution is -0.117. The Morgan fingerprint density at radius 2 is 1.98 bits per heavy atom. The molecular weight excluding hydrogens is 559 g/mol. The van der Waals surface area contributed by atoms with Gasteiger partial charge in [-0.1, -0.05) is 42.6 Å². The fourth-order valence-corrected chi connectivity index (χ4v) is 7.34. The predicted octanol–water partition coefficient (Wildman–Crippen LogP) is 7.23. The van der Waals surface area contributed by atoms with Gasteiger partial charge in [0, 0.05) is 48.4 Å². The average molecular weight is 605 g/mol. The number of halogens is 2. The quantitative estimate of drug-likeness (QED) is 0.235. The number of piperazine rings is 1. The van der Waals surface area contributed by atoms with Crippen molar-refractivity contribution in [2.75, 3.05) is 30.7 Å². The zero-order chi connectivity index (χ0) is 29.2. The van der Waals surface area contributed by atoms with Gasteiger partial charge in [-0.2, -0.15) is 0 Å². The highest BCUT2D eigenvalue weighted by Crippen LogP contribution is 2.40. The molecule has 1 aromatic carbocycles. The Morgan fingerprint density at radius 3 is 2.68 bits per heavy atom. The minimum Gasteiger partial charge on any atom is -0.376 e. The van der Waals surface area contributed by atoms with Crippen LogP contribution in [0, 0.1) is 11.7 Å². The van der Waals surface area contributed by atoms with Crippen molar-refractivity contribution in [2.24, 2.45) is 5.92 Å². The van der Waals surface area contributed by atoms with Gasteiger partial charge in [0.1, 0.15) is 5.82 Å². The van der Waals surface area contributed by atoms with Gasteiger partial charge in [0.2, 0.25) is 5.91 Å². The normalized spacial score (nSPS) is 22.5. The Morgan fingerprint density at radius 1 is 1.22 bits per heavy atom. The molecule has 4 rings (SSSR count). The highest BCUT2D eigenvalue weighted by molar-refractivity contribution is 7.97. The van der Waals surface area contributed by atoms with E-state index in [1.807, 2.05) is 36.2 Å². The van der Waals surface area contributed by atoms with Gasteiger partial charge in [-0.3, -0.25) is 9.78 Å². The molecule has 9 heteroatoms. The van der Waals surface area contributed by atoms with Crippen molar-refractivity contribution in [1.29, 1.82) is 0 Å². The largest absolute Gasteiger partial charge is 0.376 e. The van der Waals surface area contributed by atoms with E-state index in [1.165, 1.54) is 6.20 Å². The maximum atomic E-state index is 15.1. The third-order valence-electron chi connectivity index (χ3n) is 8.22. The van der Waals surface area contributed by atoms with E-state index in [-0.39, 0.29) is 29.9 Å². The van der Waals surface area contributed by atoms with Crippen molar-refractivity contribution in [3.05, 3.63) is 58.6 Å². The second-order valence-electron chi connectivity index (χ2n) is 11.6. The molecule has 1 amide bonds. The maximum Gasteiger partial charge on any atom is 0.225 e. The highest BCUT2D eigenvalue weighted by atomic mass is 35.5. The van der Waals surface area contributed by atoms with E-state index in [1.54, 1.807) is 6.20 Å². The number of carbonyl (C=O) groups is 1. The maximum absolute atomic E-state index is 15.1. The van der Waals surface area contributed by atoms with Gasteiger partial charge in [0.25, 0.3) is 0 Å². The molecule has 0 spiro atoms. The van der Waals surface area contributed by atoms with E-state index in [0.29, 0.717) is 41.1 Å². The SMILES string of the molecule is CCCSN1CCNCC1CCc1c(F)cncc1NC(=O)CC(c1ccc(Cl)cc1)C1CCC(OC(C)C)CC1. The number of nitrogens with one attached hydrogen (secondary N) is 2. The number of carbonyl (C=O) groups excluding carboxylic acids is 1. The van der Waals surface area contributed by atoms with Gasteiger partial charge < -0.3 is 15.4 Å². The number of aromatic nitrogens is 1. The summed E-state index contributed by atoms with van der Waals surface area (Å²) in [6, 6.07) is 8.18. The molecule has 6 nitrogen and oxygen atoms in total. The van der Waals surface area contributed by atoms with E-state index in [4.69, 9.17) is 16.3 Å². The van der Waals surface area contributed by atoms with E-state index in [9.17, 15) is 4.79 Å². The summed E-state index contributed by atoms with van der Waals surface area (Å²) >= 11 is 8.07. The van der Waals surface area contributed by atoms with Gasteiger partial charge >= 0.3 is 0 Å². The first-order chi connectivity index (χ1) is 19.8. The lowest BCUT2D eigenvalue weighted by atomic mass is 9.74. The molecule has 2 aromatic rings. The smallest absolute Gasteiger partial charge is 0.225 e. The van der Waals surface area contributed by atoms with Crippen molar-refractivity contribution in [2.45, 2.75) is 96.3 Å². The Labute approximate surface area is 254 Å². The molecule has 2 heterocycles. The summed E-state index contributed by atoms with van der Waals surface area (Å²) in [4.78, 5) is 17.6. The van der Waals surface area contributed by atoms with Crippen molar-refractivity contribution in [3.63, 3.8) is 0 Å². The zero-order valence-electron chi connectivity index (χ0n) is 24.7. The van der Waals surface area contributed by atoms with Gasteiger partial charge in [0.15, 0.2) is 0 Å². The number of ether oxygens (including phenoxy) is 1. The molecule has 1 aliphatic heterocycles. The second-order valence-corrected chi connectivity index (χ2v) is 13.2. The summed E-state index contributed by atoms with van der Waals surface area (Å²) in [7, 11) is 0. The molecule has 0 bridgehead atoms. The van der Waals surface area contributed by atoms with Crippen LogP contribution in [-0.2, 0) is 16.0 Å². The van der Waals surface area contributed by atoms with Crippen molar-refractivity contribution in [3.8, 4) is 0 Å². The number of hydrogen-bond donors (Lipinski definition) is 2. The number of pyridine rings is 1. The molecule has 1 aromatic heterocycles. The zero-order valence-corrected chi connectivity index (χ0v) is 26.3. The second kappa shape index (κ2) is 16.2. The van der Waals surface area contributed by atoms with Crippen LogP contribution in [0.5, 0.6) is 0 Å². The minimum atomic E-state index is -0.364. The molecule has 226 valence electrons. The van der Waals surface area contributed by atoms with Gasteiger partial charge in [-0.05, 0) is 88.3 Å². The first-order valence-electron chi connectivity index (χ1n) is 15.3. The van der Waals surface area contributed by atoms with Crippen molar-refractivity contribution >= 4 is 35.1 Å². The van der Waals surface area contributed by atoms with Crippen LogP contribution in [0.25, 0.3) is 0 Å². The fourth-order valence-electron chi connectivity index (χ4n) is 6.18. The molecule has 2 atom stereocenters. The molecule has 1 saturated heterocycles. The topological polar surface area (TPSA) is 66.5 Å². The monoisotopic (exact) mass is 604 g/mol. The van der Waals surface area contributed by atoms with E-state index in [2.05, 4.69) is 40.7 Å². The molecule has 2 N–H and O–H groups in total. The molecule has 1 aliphatic carbocycles. The summed E-state index contributed by atoms with van der Waals surface area (Å²) in [6.07, 6.45) is 10.1. The summed E-state index contributed by atoms with van der Waals surface area (Å²) in [6.45, 7) is 9.19. The van der Waals surface area contributed by atoms with Crippen molar-refractivity contribution in [1.82, 2.24) is 14.6 Å². The van der Waals surface area contributed by atoms with Gasteiger partial charge in [0.05, 0.1) is 30.3 Å². The van der Waals surface area contributed by atoms with Crippen LogP contribution in [0.4, 0.5) is 10.1 Å². The summed E-state index contributed by atoms with van der Waals surface area (Å²) in [5.41, 5.74) is 2.13. The number of hydrogen-bond acceptors (Lipinski definition) is 6. The summed E-state index contributed by atoms with van der Waals surface area (Å²) < 4.78 is 23.6. The van der Waals surface area contributed by atoms with Crippen LogP contribution in [0.15, 0.2) is 36.7 Å².